The predicted octanol–water partition coefficient (Wildman–Crippen LogP) is 4.39. The van der Waals surface area contributed by atoms with Crippen molar-refractivity contribution in [3.63, 3.8) is 0 Å². The molecule has 108 valence electrons. The molecule has 0 saturated heterocycles. The molecule has 1 unspecified atom stereocenters. The van der Waals surface area contributed by atoms with Crippen LogP contribution in [0.4, 0.5) is 4.39 Å². The molecule has 0 aliphatic rings. The van der Waals surface area contributed by atoms with Crippen LogP contribution < -0.4 is 5.32 Å². The number of hydrogen-bond acceptors (Lipinski definition) is 2. The lowest BCUT2D eigenvalue weighted by molar-refractivity contribution is 0.433. The van der Waals surface area contributed by atoms with Gasteiger partial charge in [-0.1, -0.05) is 32.0 Å². The predicted molar refractivity (Wildman–Crippen MR) is 84.9 cm³/mol. The maximum atomic E-state index is 13.2. The average Bonchev–Trinajstić information content (AvgIpc) is 2.91. The number of benzene rings is 1. The molecule has 20 heavy (non-hydrogen) atoms. The van der Waals surface area contributed by atoms with Gasteiger partial charge in [0.1, 0.15) is 5.82 Å². The Hall–Kier alpha value is -1.19. The molecule has 0 aliphatic carbocycles. The minimum Gasteiger partial charge on any atom is -0.313 e. The van der Waals surface area contributed by atoms with Crippen LogP contribution in [0.5, 0.6) is 0 Å². The van der Waals surface area contributed by atoms with E-state index in [1.54, 1.807) is 23.5 Å². The van der Waals surface area contributed by atoms with Crippen LogP contribution in [0.1, 0.15) is 31.2 Å². The molecule has 1 atom stereocenters. The third kappa shape index (κ3) is 4.15. The number of rotatable bonds is 6. The first-order valence-corrected chi connectivity index (χ1v) is 7.87. The Balaban J connectivity index is 1.88. The molecule has 0 aliphatic heterocycles. The zero-order valence-corrected chi connectivity index (χ0v) is 13.1. The van der Waals surface area contributed by atoms with Gasteiger partial charge in [0.05, 0.1) is 0 Å². The third-order valence-electron chi connectivity index (χ3n) is 3.51. The van der Waals surface area contributed by atoms with Crippen molar-refractivity contribution in [2.75, 3.05) is 6.54 Å². The van der Waals surface area contributed by atoms with E-state index in [1.165, 1.54) is 10.9 Å². The van der Waals surface area contributed by atoms with Crippen molar-refractivity contribution in [2.45, 2.75) is 38.6 Å². The first kappa shape index (κ1) is 15.2. The van der Waals surface area contributed by atoms with Gasteiger partial charge in [0.15, 0.2) is 0 Å². The van der Waals surface area contributed by atoms with Gasteiger partial charge in [-0.2, -0.15) is 0 Å². The van der Waals surface area contributed by atoms with Crippen LogP contribution in [0.15, 0.2) is 41.8 Å². The van der Waals surface area contributed by atoms with Crippen LogP contribution in [0.2, 0.25) is 0 Å². The Morgan fingerprint density at radius 2 is 2.05 bits per heavy atom. The Morgan fingerprint density at radius 3 is 2.70 bits per heavy atom. The van der Waals surface area contributed by atoms with E-state index < -0.39 is 0 Å². The summed E-state index contributed by atoms with van der Waals surface area (Å²) in [5, 5.41) is 5.68. The fourth-order valence-electron chi connectivity index (χ4n) is 2.27. The summed E-state index contributed by atoms with van der Waals surface area (Å²) in [6.07, 6.45) is 0.846. The lowest BCUT2D eigenvalue weighted by atomic mass is 9.91. The van der Waals surface area contributed by atoms with E-state index in [9.17, 15) is 4.39 Å². The van der Waals surface area contributed by atoms with Gasteiger partial charge in [-0.3, -0.25) is 0 Å². The molecule has 0 fully saturated rings. The molecule has 0 amide bonds. The summed E-state index contributed by atoms with van der Waals surface area (Å²) >= 11 is 1.80. The molecule has 0 saturated carbocycles. The molecule has 0 spiro atoms. The molecular formula is C17H22FNS. The number of thiophene rings is 1. The van der Waals surface area contributed by atoms with Crippen molar-refractivity contribution in [3.8, 4) is 0 Å². The van der Waals surface area contributed by atoms with E-state index >= 15 is 0 Å². The maximum Gasteiger partial charge on any atom is 0.123 e. The van der Waals surface area contributed by atoms with Crippen LogP contribution in [0, 0.1) is 5.82 Å². The van der Waals surface area contributed by atoms with Crippen LogP contribution in [0.3, 0.4) is 0 Å². The Labute approximate surface area is 124 Å². The summed E-state index contributed by atoms with van der Waals surface area (Å²) in [6.45, 7) is 7.57. The highest BCUT2D eigenvalue weighted by atomic mass is 32.1. The summed E-state index contributed by atoms with van der Waals surface area (Å²) in [6, 6.07) is 11.5. The second kappa shape index (κ2) is 6.51. The standard InChI is InChI=1S/C17H22FNS/c1-13(10-14-6-4-7-15(18)11-14)19-12-17(2,3)16-8-5-9-20-16/h4-9,11,13,19H,10,12H2,1-3H3. The summed E-state index contributed by atoms with van der Waals surface area (Å²) in [5.74, 6) is -0.159. The first-order valence-electron chi connectivity index (χ1n) is 6.99. The van der Waals surface area contributed by atoms with Crippen molar-refractivity contribution < 1.29 is 4.39 Å². The van der Waals surface area contributed by atoms with E-state index in [4.69, 9.17) is 0 Å². The highest BCUT2D eigenvalue weighted by molar-refractivity contribution is 7.10. The maximum absolute atomic E-state index is 13.2. The SMILES string of the molecule is CC(Cc1cccc(F)c1)NCC(C)(C)c1cccs1. The Morgan fingerprint density at radius 1 is 1.25 bits per heavy atom. The Bertz CT molecular complexity index is 534. The van der Waals surface area contributed by atoms with E-state index in [2.05, 4.69) is 43.6 Å². The lowest BCUT2D eigenvalue weighted by Crippen LogP contribution is -2.38. The summed E-state index contributed by atoms with van der Waals surface area (Å²) in [4.78, 5) is 1.39. The highest BCUT2D eigenvalue weighted by Gasteiger charge is 2.22. The molecule has 0 radical (unpaired) electrons. The van der Waals surface area contributed by atoms with Gasteiger partial charge in [-0.25, -0.2) is 4.39 Å². The lowest BCUT2D eigenvalue weighted by Gasteiger charge is -2.26. The van der Waals surface area contributed by atoms with Crippen molar-refractivity contribution in [2.24, 2.45) is 0 Å². The van der Waals surface area contributed by atoms with Crippen molar-refractivity contribution in [1.29, 1.82) is 0 Å². The number of nitrogens with one attached hydrogen (secondary N) is 1. The van der Waals surface area contributed by atoms with Gasteiger partial charge in [0.25, 0.3) is 0 Å². The molecule has 1 heterocycles. The smallest absolute Gasteiger partial charge is 0.123 e. The minimum absolute atomic E-state index is 0.129. The fraction of sp³-hybridized carbons (Fsp3) is 0.412. The normalized spacial score (nSPS) is 13.4. The van der Waals surface area contributed by atoms with Crippen LogP contribution in [-0.4, -0.2) is 12.6 Å². The highest BCUT2D eigenvalue weighted by Crippen LogP contribution is 2.26. The first-order chi connectivity index (χ1) is 9.47. The van der Waals surface area contributed by atoms with Crippen LogP contribution in [0.25, 0.3) is 0 Å². The molecule has 0 bridgehead atoms. The monoisotopic (exact) mass is 291 g/mol. The van der Waals surface area contributed by atoms with Gasteiger partial charge in [0, 0.05) is 22.9 Å². The molecule has 1 aromatic carbocycles. The van der Waals surface area contributed by atoms with Crippen LogP contribution in [-0.2, 0) is 11.8 Å². The second-order valence-electron chi connectivity index (χ2n) is 5.98. The average molecular weight is 291 g/mol. The topological polar surface area (TPSA) is 12.0 Å². The third-order valence-corrected chi connectivity index (χ3v) is 4.75. The zero-order chi connectivity index (χ0) is 14.6. The minimum atomic E-state index is -0.159. The zero-order valence-electron chi connectivity index (χ0n) is 12.3. The molecule has 1 aromatic heterocycles. The molecule has 2 rings (SSSR count). The molecular weight excluding hydrogens is 269 g/mol. The van der Waals surface area contributed by atoms with Gasteiger partial charge >= 0.3 is 0 Å². The van der Waals surface area contributed by atoms with E-state index in [0.717, 1.165) is 18.5 Å². The molecule has 1 nitrogen and oxygen atoms in total. The number of hydrogen-bond donors (Lipinski definition) is 1. The van der Waals surface area contributed by atoms with Crippen molar-refractivity contribution in [3.05, 3.63) is 58.0 Å². The largest absolute Gasteiger partial charge is 0.313 e. The summed E-state index contributed by atoms with van der Waals surface area (Å²) in [7, 11) is 0. The van der Waals surface area contributed by atoms with E-state index in [0.29, 0.717) is 6.04 Å². The fourth-order valence-corrected chi connectivity index (χ4v) is 3.12. The van der Waals surface area contributed by atoms with Gasteiger partial charge in [0.2, 0.25) is 0 Å². The van der Waals surface area contributed by atoms with E-state index in [-0.39, 0.29) is 11.2 Å². The van der Waals surface area contributed by atoms with Gasteiger partial charge in [-0.05, 0) is 42.5 Å². The summed E-state index contributed by atoms with van der Waals surface area (Å²) < 4.78 is 13.2. The van der Waals surface area contributed by atoms with Gasteiger partial charge < -0.3 is 5.32 Å². The van der Waals surface area contributed by atoms with Crippen molar-refractivity contribution >= 4 is 11.3 Å². The number of halogens is 1. The summed E-state index contributed by atoms with van der Waals surface area (Å²) in [5.41, 5.74) is 1.17. The molecule has 1 N–H and O–H groups in total. The second-order valence-corrected chi connectivity index (χ2v) is 6.92. The van der Waals surface area contributed by atoms with E-state index in [1.807, 2.05) is 6.07 Å². The Kier molecular flexibility index (Phi) is 4.95. The molecule has 2 aromatic rings. The quantitative estimate of drug-likeness (QED) is 0.832. The van der Waals surface area contributed by atoms with Crippen LogP contribution >= 0.6 is 11.3 Å². The van der Waals surface area contributed by atoms with Crippen molar-refractivity contribution in [1.82, 2.24) is 5.32 Å². The van der Waals surface area contributed by atoms with Gasteiger partial charge in [-0.15, -0.1) is 11.3 Å². The molecule has 3 heteroatoms.